The Labute approximate surface area is 208 Å². The van der Waals surface area contributed by atoms with E-state index in [9.17, 15) is 24.8 Å². The van der Waals surface area contributed by atoms with Gasteiger partial charge in [0.2, 0.25) is 0 Å². The summed E-state index contributed by atoms with van der Waals surface area (Å²) in [4.78, 5) is 41.1. The average molecular weight is 490 g/mol. The van der Waals surface area contributed by atoms with Gasteiger partial charge in [0.15, 0.2) is 11.4 Å². The third-order valence-electron chi connectivity index (χ3n) is 5.37. The molecule has 2 aromatic carbocycles. The second-order valence-electron chi connectivity index (χ2n) is 8.61. The summed E-state index contributed by atoms with van der Waals surface area (Å²) >= 11 is 0. The van der Waals surface area contributed by atoms with Gasteiger partial charge in [-0.2, -0.15) is 5.26 Å². The van der Waals surface area contributed by atoms with Gasteiger partial charge in [0.05, 0.1) is 12.0 Å². The summed E-state index contributed by atoms with van der Waals surface area (Å²) in [6, 6.07) is 15.4. The molecule has 10 nitrogen and oxygen atoms in total. The van der Waals surface area contributed by atoms with Gasteiger partial charge in [-0.3, -0.25) is 9.59 Å². The Morgan fingerprint density at radius 2 is 1.81 bits per heavy atom. The summed E-state index contributed by atoms with van der Waals surface area (Å²) in [5.74, 6) is -1.65. The largest absolute Gasteiger partial charge is 0.505 e. The molecule has 3 amide bonds. The fourth-order valence-corrected chi connectivity index (χ4v) is 3.36. The standard InChI is InChI=1S/C26H27N5O5/c1-4-36-24(34)26(2,3)15-29-23(33)21-22(32)18-11-10-17(12-19(18)20(13-27)31-21)30-25(35)28-14-16-8-6-5-7-9-16/h5-12,32H,4,14-15H2,1-3H3,(H,29,33)(H2,28,30,35). The highest BCUT2D eigenvalue weighted by Gasteiger charge is 2.30. The summed E-state index contributed by atoms with van der Waals surface area (Å²) in [5, 5.41) is 28.8. The maximum absolute atomic E-state index is 12.7. The first kappa shape index (κ1) is 26.0. The normalized spacial score (nSPS) is 10.8. The summed E-state index contributed by atoms with van der Waals surface area (Å²) in [7, 11) is 0. The quantitative estimate of drug-likeness (QED) is 0.353. The Morgan fingerprint density at radius 3 is 2.47 bits per heavy atom. The Morgan fingerprint density at radius 1 is 1.08 bits per heavy atom. The van der Waals surface area contributed by atoms with Crippen LogP contribution in [0.4, 0.5) is 10.5 Å². The number of pyridine rings is 1. The minimum atomic E-state index is -1.00. The van der Waals surface area contributed by atoms with Crippen LogP contribution in [0.1, 0.15) is 42.5 Å². The lowest BCUT2D eigenvalue weighted by Gasteiger charge is -2.22. The van der Waals surface area contributed by atoms with Crippen molar-refractivity contribution in [3.05, 3.63) is 65.5 Å². The van der Waals surface area contributed by atoms with Gasteiger partial charge in [0, 0.05) is 29.5 Å². The maximum Gasteiger partial charge on any atom is 0.319 e. The van der Waals surface area contributed by atoms with Crippen LogP contribution in [0.15, 0.2) is 48.5 Å². The molecule has 36 heavy (non-hydrogen) atoms. The first-order chi connectivity index (χ1) is 17.2. The van der Waals surface area contributed by atoms with Gasteiger partial charge >= 0.3 is 12.0 Å². The number of amides is 3. The van der Waals surface area contributed by atoms with E-state index < -0.39 is 29.1 Å². The van der Waals surface area contributed by atoms with Crippen LogP contribution < -0.4 is 16.0 Å². The fraction of sp³-hybridized carbons (Fsp3) is 0.269. The number of urea groups is 1. The number of nitrogens with zero attached hydrogens (tertiary/aromatic N) is 2. The van der Waals surface area contributed by atoms with Gasteiger partial charge in [-0.15, -0.1) is 0 Å². The zero-order valence-corrected chi connectivity index (χ0v) is 20.2. The number of aromatic nitrogens is 1. The van der Waals surface area contributed by atoms with E-state index in [0.717, 1.165) is 5.56 Å². The van der Waals surface area contributed by atoms with Gasteiger partial charge in [0.25, 0.3) is 5.91 Å². The number of hydrogen-bond acceptors (Lipinski definition) is 7. The van der Waals surface area contributed by atoms with Crippen molar-refractivity contribution in [2.75, 3.05) is 18.5 Å². The van der Waals surface area contributed by atoms with Crippen LogP contribution in [0.5, 0.6) is 5.75 Å². The van der Waals surface area contributed by atoms with Crippen molar-refractivity contribution in [2.24, 2.45) is 5.41 Å². The molecule has 0 aliphatic carbocycles. The van der Waals surface area contributed by atoms with Crippen LogP contribution >= 0.6 is 0 Å². The molecule has 10 heteroatoms. The molecule has 1 aromatic heterocycles. The number of nitrogens with one attached hydrogen (secondary N) is 3. The van der Waals surface area contributed by atoms with Crippen LogP contribution in [-0.2, 0) is 16.1 Å². The third kappa shape index (κ3) is 6.07. The second kappa shape index (κ2) is 11.2. The van der Waals surface area contributed by atoms with Crippen molar-refractivity contribution >= 4 is 34.4 Å². The van der Waals surface area contributed by atoms with Gasteiger partial charge in [-0.1, -0.05) is 30.3 Å². The van der Waals surface area contributed by atoms with Gasteiger partial charge < -0.3 is 25.8 Å². The Hall–Kier alpha value is -4.65. The molecule has 0 bridgehead atoms. The predicted molar refractivity (Wildman–Crippen MR) is 133 cm³/mol. The molecule has 186 valence electrons. The Balaban J connectivity index is 1.78. The van der Waals surface area contributed by atoms with Crippen molar-refractivity contribution in [2.45, 2.75) is 27.3 Å². The molecule has 3 rings (SSSR count). The SMILES string of the molecule is CCOC(=O)C(C)(C)CNC(=O)c1nc(C#N)c2cc(NC(=O)NCc3ccccc3)ccc2c1O. The number of fused-ring (bicyclic) bond motifs is 1. The molecule has 0 unspecified atom stereocenters. The highest BCUT2D eigenvalue weighted by molar-refractivity contribution is 6.04. The minimum absolute atomic E-state index is 0.0628. The van der Waals surface area contributed by atoms with Crippen molar-refractivity contribution < 1.29 is 24.2 Å². The number of ether oxygens (including phenoxy) is 1. The number of nitriles is 1. The van der Waals surface area contributed by atoms with Crippen LogP contribution in [-0.4, -0.2) is 41.1 Å². The molecule has 1 heterocycles. The Kier molecular flexibility index (Phi) is 8.07. The lowest BCUT2D eigenvalue weighted by molar-refractivity contribution is -0.153. The number of esters is 1. The van der Waals surface area contributed by atoms with Crippen LogP contribution in [0.2, 0.25) is 0 Å². The van der Waals surface area contributed by atoms with Gasteiger partial charge in [-0.05, 0) is 44.5 Å². The van der Waals surface area contributed by atoms with Gasteiger partial charge in [-0.25, -0.2) is 9.78 Å². The first-order valence-electron chi connectivity index (χ1n) is 11.3. The molecule has 4 N–H and O–H groups in total. The molecule has 0 atom stereocenters. The predicted octanol–water partition coefficient (Wildman–Crippen LogP) is 3.45. The zero-order chi connectivity index (χ0) is 26.3. The fourth-order valence-electron chi connectivity index (χ4n) is 3.36. The van der Waals surface area contributed by atoms with E-state index in [2.05, 4.69) is 20.9 Å². The summed E-state index contributed by atoms with van der Waals surface area (Å²) in [6.45, 7) is 5.39. The highest BCUT2D eigenvalue weighted by Crippen LogP contribution is 2.31. The molecular formula is C26H27N5O5. The molecule has 0 aliphatic heterocycles. The van der Waals surface area contributed by atoms with Gasteiger partial charge in [0.1, 0.15) is 11.8 Å². The van der Waals surface area contributed by atoms with Crippen molar-refractivity contribution in [1.82, 2.24) is 15.6 Å². The smallest absolute Gasteiger partial charge is 0.319 e. The number of hydrogen-bond donors (Lipinski definition) is 4. The molecule has 0 radical (unpaired) electrons. The highest BCUT2D eigenvalue weighted by atomic mass is 16.5. The number of carbonyl (C=O) groups excluding carboxylic acids is 3. The van der Waals surface area contributed by atoms with E-state index in [1.54, 1.807) is 20.8 Å². The number of rotatable bonds is 8. The molecule has 0 fully saturated rings. The van der Waals surface area contributed by atoms with Crippen molar-refractivity contribution in [3.8, 4) is 11.8 Å². The molecule has 3 aromatic rings. The summed E-state index contributed by atoms with van der Waals surface area (Å²) in [6.07, 6.45) is 0. The van der Waals surface area contributed by atoms with E-state index in [0.29, 0.717) is 12.2 Å². The first-order valence-corrected chi connectivity index (χ1v) is 11.3. The molecule has 0 aliphatic rings. The topological polar surface area (TPSA) is 153 Å². The third-order valence-corrected chi connectivity index (χ3v) is 5.37. The summed E-state index contributed by atoms with van der Waals surface area (Å²) in [5.41, 5.74) is -0.147. The van der Waals surface area contributed by atoms with Crippen molar-refractivity contribution in [1.29, 1.82) is 5.26 Å². The number of benzene rings is 2. The van der Waals surface area contributed by atoms with E-state index >= 15 is 0 Å². The number of anilines is 1. The maximum atomic E-state index is 12.7. The zero-order valence-electron chi connectivity index (χ0n) is 20.2. The van der Waals surface area contributed by atoms with Crippen LogP contribution in [0, 0.1) is 16.7 Å². The molecule has 0 saturated heterocycles. The molecule has 0 saturated carbocycles. The van der Waals surface area contributed by atoms with Crippen molar-refractivity contribution in [3.63, 3.8) is 0 Å². The monoisotopic (exact) mass is 489 g/mol. The van der Waals surface area contributed by atoms with Crippen LogP contribution in [0.3, 0.4) is 0 Å². The number of aromatic hydroxyl groups is 1. The lowest BCUT2D eigenvalue weighted by atomic mass is 9.93. The minimum Gasteiger partial charge on any atom is -0.505 e. The Bertz CT molecular complexity index is 1330. The molecular weight excluding hydrogens is 462 g/mol. The lowest BCUT2D eigenvalue weighted by Crippen LogP contribution is -2.40. The van der Waals surface area contributed by atoms with Crippen LogP contribution in [0.25, 0.3) is 10.8 Å². The number of carbonyl (C=O) groups is 3. The van der Waals surface area contributed by atoms with E-state index in [1.807, 2.05) is 36.4 Å². The second-order valence-corrected chi connectivity index (χ2v) is 8.61. The average Bonchev–Trinajstić information content (AvgIpc) is 2.87. The molecule has 0 spiro atoms. The van der Waals surface area contributed by atoms with E-state index in [-0.39, 0.29) is 35.3 Å². The van der Waals surface area contributed by atoms with E-state index in [1.165, 1.54) is 18.2 Å². The summed E-state index contributed by atoms with van der Waals surface area (Å²) < 4.78 is 5.01. The van der Waals surface area contributed by atoms with E-state index in [4.69, 9.17) is 4.74 Å².